The van der Waals surface area contributed by atoms with Crippen molar-refractivity contribution >= 4 is 16.9 Å². The van der Waals surface area contributed by atoms with Gasteiger partial charge in [0, 0.05) is 42.3 Å². The number of H-pyrrole nitrogens is 1. The van der Waals surface area contributed by atoms with Crippen LogP contribution in [-0.4, -0.2) is 36.1 Å². The maximum absolute atomic E-state index is 12.2. The molecular formula is C17H18N2O2. The highest BCUT2D eigenvalue weighted by molar-refractivity contribution is 5.94. The van der Waals surface area contributed by atoms with Gasteiger partial charge in [-0.1, -0.05) is 12.1 Å². The fourth-order valence-electron chi connectivity index (χ4n) is 3.81. The molecule has 0 radical (unpaired) electrons. The van der Waals surface area contributed by atoms with Crippen LogP contribution in [0.15, 0.2) is 36.2 Å². The molecule has 0 fully saturated rings. The number of nitrogens with zero attached hydrogens (tertiary/aromatic N) is 1. The van der Waals surface area contributed by atoms with Gasteiger partial charge >= 0.3 is 5.97 Å². The lowest BCUT2D eigenvalue weighted by Crippen LogP contribution is -2.36. The number of hydrogen-bond acceptors (Lipinski definition) is 3. The lowest BCUT2D eigenvalue weighted by molar-refractivity contribution is -0.136. The molecule has 2 aromatic rings. The normalized spacial score (nSPS) is 23.7. The maximum Gasteiger partial charge on any atom is 0.335 e. The van der Waals surface area contributed by atoms with Crippen LogP contribution in [0.4, 0.5) is 0 Å². The molecule has 1 aliphatic heterocycles. The molecule has 0 amide bonds. The fraction of sp³-hybridized carbons (Fsp3) is 0.353. The predicted molar refractivity (Wildman–Crippen MR) is 81.0 cm³/mol. The molecule has 2 aliphatic rings. The third kappa shape index (κ3) is 1.71. The summed E-state index contributed by atoms with van der Waals surface area (Å²) in [7, 11) is 3.50. The Bertz CT molecular complexity index is 759. The molecule has 4 heteroatoms. The molecule has 2 bridgehead atoms. The van der Waals surface area contributed by atoms with Crippen molar-refractivity contribution in [2.24, 2.45) is 0 Å². The third-order valence-corrected chi connectivity index (χ3v) is 4.87. The Kier molecular flexibility index (Phi) is 2.61. The van der Waals surface area contributed by atoms with E-state index >= 15 is 0 Å². The van der Waals surface area contributed by atoms with Gasteiger partial charge in [0.15, 0.2) is 0 Å². The number of nitrogens with one attached hydrogen (secondary N) is 1. The van der Waals surface area contributed by atoms with Crippen molar-refractivity contribution in [3.05, 3.63) is 47.3 Å². The zero-order valence-electron chi connectivity index (χ0n) is 12.2. The van der Waals surface area contributed by atoms with Crippen molar-refractivity contribution in [1.82, 2.24) is 9.88 Å². The highest BCUT2D eigenvalue weighted by Gasteiger charge is 2.36. The van der Waals surface area contributed by atoms with E-state index < -0.39 is 0 Å². The predicted octanol–water partition coefficient (Wildman–Crippen LogP) is 2.57. The molecule has 1 aliphatic carbocycles. The second kappa shape index (κ2) is 4.38. The third-order valence-electron chi connectivity index (χ3n) is 4.87. The van der Waals surface area contributed by atoms with Crippen molar-refractivity contribution in [2.45, 2.75) is 24.8 Å². The minimum atomic E-state index is -0.221. The molecule has 1 N–H and O–H groups in total. The second-order valence-corrected chi connectivity index (χ2v) is 5.97. The van der Waals surface area contributed by atoms with E-state index in [0.29, 0.717) is 6.04 Å². The first-order chi connectivity index (χ1) is 10.2. The van der Waals surface area contributed by atoms with Crippen LogP contribution in [0, 0.1) is 0 Å². The van der Waals surface area contributed by atoms with Crippen LogP contribution in [0.2, 0.25) is 0 Å². The molecule has 0 spiro atoms. The average molecular weight is 282 g/mol. The first-order valence-corrected chi connectivity index (χ1v) is 7.30. The Morgan fingerprint density at radius 1 is 1.43 bits per heavy atom. The van der Waals surface area contributed by atoms with Gasteiger partial charge in [-0.25, -0.2) is 4.79 Å². The summed E-state index contributed by atoms with van der Waals surface area (Å²) in [6.45, 7) is 0. The van der Waals surface area contributed by atoms with Gasteiger partial charge in [-0.05, 0) is 30.0 Å². The van der Waals surface area contributed by atoms with Gasteiger partial charge in [-0.3, -0.25) is 0 Å². The lowest BCUT2D eigenvalue weighted by atomic mass is 9.83. The molecule has 0 unspecified atom stereocenters. The van der Waals surface area contributed by atoms with Crippen LogP contribution in [0.5, 0.6) is 0 Å². The van der Waals surface area contributed by atoms with Gasteiger partial charge < -0.3 is 14.6 Å². The number of methoxy groups -OCH3 is 1. The van der Waals surface area contributed by atoms with Gasteiger partial charge in [0.1, 0.15) is 0 Å². The largest absolute Gasteiger partial charge is 0.466 e. The molecule has 0 saturated heterocycles. The Morgan fingerprint density at radius 3 is 3.10 bits per heavy atom. The molecule has 1 aromatic carbocycles. The lowest BCUT2D eigenvalue weighted by Gasteiger charge is -2.35. The van der Waals surface area contributed by atoms with E-state index in [0.717, 1.165) is 23.9 Å². The summed E-state index contributed by atoms with van der Waals surface area (Å²) in [6.07, 6.45) is 6.06. The topological polar surface area (TPSA) is 45.3 Å². The number of fused-ring (bicyclic) bond motifs is 3. The molecule has 1 aromatic heterocycles. The number of benzene rings is 1. The monoisotopic (exact) mass is 282 g/mol. The fourth-order valence-corrected chi connectivity index (χ4v) is 3.81. The highest BCUT2D eigenvalue weighted by Crippen LogP contribution is 2.43. The Morgan fingerprint density at radius 2 is 2.29 bits per heavy atom. The molecule has 2 atom stereocenters. The number of rotatable bonds is 1. The first-order valence-electron chi connectivity index (χ1n) is 7.30. The summed E-state index contributed by atoms with van der Waals surface area (Å²) in [6, 6.07) is 6.73. The standard InChI is InChI=1S/C17H18N2O2/c1-19-9-14(17(20)21-2)13-7-11(19)6-10-8-18-15-5-3-4-12(13)16(10)15/h3-5,8-9,11,13,18H,6-7H2,1-2H3/t11-,13-/m0/s1. The molecule has 4 rings (SSSR count). The van der Waals surface area contributed by atoms with Crippen molar-refractivity contribution < 1.29 is 9.53 Å². The Balaban J connectivity index is 1.97. The van der Waals surface area contributed by atoms with E-state index in [1.54, 1.807) is 0 Å². The molecule has 0 saturated carbocycles. The molecule has 21 heavy (non-hydrogen) atoms. The zero-order chi connectivity index (χ0) is 14.6. The number of aromatic amines is 1. The highest BCUT2D eigenvalue weighted by atomic mass is 16.5. The van der Waals surface area contributed by atoms with E-state index in [4.69, 9.17) is 4.74 Å². The van der Waals surface area contributed by atoms with Crippen LogP contribution in [0.25, 0.3) is 10.9 Å². The van der Waals surface area contributed by atoms with Gasteiger partial charge in [0.25, 0.3) is 0 Å². The van der Waals surface area contributed by atoms with E-state index in [1.165, 1.54) is 23.6 Å². The van der Waals surface area contributed by atoms with Crippen molar-refractivity contribution in [3.63, 3.8) is 0 Å². The van der Waals surface area contributed by atoms with Gasteiger partial charge in [0.05, 0.1) is 12.7 Å². The van der Waals surface area contributed by atoms with E-state index in [1.807, 2.05) is 13.2 Å². The summed E-state index contributed by atoms with van der Waals surface area (Å²) in [5.41, 5.74) is 4.51. The average Bonchev–Trinajstić information content (AvgIpc) is 2.84. The number of carbonyl (C=O) groups is 1. The van der Waals surface area contributed by atoms with E-state index in [-0.39, 0.29) is 11.9 Å². The smallest absolute Gasteiger partial charge is 0.335 e. The first kappa shape index (κ1) is 12.5. The van der Waals surface area contributed by atoms with Crippen molar-refractivity contribution in [3.8, 4) is 0 Å². The number of esters is 1. The van der Waals surface area contributed by atoms with E-state index in [9.17, 15) is 4.79 Å². The van der Waals surface area contributed by atoms with Gasteiger partial charge in [-0.15, -0.1) is 0 Å². The van der Waals surface area contributed by atoms with Crippen molar-refractivity contribution in [2.75, 3.05) is 14.2 Å². The number of aromatic nitrogens is 1. The summed E-state index contributed by atoms with van der Waals surface area (Å²) in [5.74, 6) is -0.0966. The maximum atomic E-state index is 12.2. The molecule has 4 nitrogen and oxygen atoms in total. The van der Waals surface area contributed by atoms with Gasteiger partial charge in [-0.2, -0.15) is 0 Å². The summed E-state index contributed by atoms with van der Waals surface area (Å²) < 4.78 is 4.99. The Hall–Kier alpha value is -2.23. The van der Waals surface area contributed by atoms with Crippen LogP contribution >= 0.6 is 0 Å². The second-order valence-electron chi connectivity index (χ2n) is 5.97. The molecular weight excluding hydrogens is 264 g/mol. The quantitative estimate of drug-likeness (QED) is 0.818. The van der Waals surface area contributed by atoms with E-state index in [2.05, 4.69) is 34.3 Å². The summed E-state index contributed by atoms with van der Waals surface area (Å²) in [4.78, 5) is 17.7. The number of carbonyl (C=O) groups excluding carboxylic acids is 1. The van der Waals surface area contributed by atoms with Crippen LogP contribution in [0.3, 0.4) is 0 Å². The van der Waals surface area contributed by atoms with Crippen LogP contribution in [0.1, 0.15) is 23.5 Å². The number of likely N-dealkylation sites (N-methyl/N-ethyl adjacent to an activating group) is 1. The van der Waals surface area contributed by atoms with Crippen LogP contribution < -0.4 is 0 Å². The minimum absolute atomic E-state index is 0.124. The molecule has 2 heterocycles. The minimum Gasteiger partial charge on any atom is -0.466 e. The molecule has 108 valence electrons. The summed E-state index contributed by atoms with van der Waals surface area (Å²) >= 11 is 0. The number of hydrogen-bond donors (Lipinski definition) is 1. The SMILES string of the molecule is COC(=O)C1=CN(C)[C@H]2Cc3c[nH]c4cccc(c34)[C@@H]1C2. The number of ether oxygens (including phenoxy) is 1. The van der Waals surface area contributed by atoms with Crippen LogP contribution in [-0.2, 0) is 16.0 Å². The Labute approximate surface area is 123 Å². The van der Waals surface area contributed by atoms with Gasteiger partial charge in [0.2, 0.25) is 0 Å². The summed E-state index contributed by atoms with van der Waals surface area (Å²) in [5, 5.41) is 1.29. The zero-order valence-corrected chi connectivity index (χ0v) is 12.2. The van der Waals surface area contributed by atoms with Crippen molar-refractivity contribution in [1.29, 1.82) is 0 Å².